The Bertz CT molecular complexity index is 550. The van der Waals surface area contributed by atoms with Crippen molar-refractivity contribution in [2.45, 2.75) is 26.3 Å². The molecule has 0 atom stereocenters. The van der Waals surface area contributed by atoms with E-state index in [0.717, 1.165) is 22.1 Å². The lowest BCUT2D eigenvalue weighted by atomic mass is 9.95. The summed E-state index contributed by atoms with van der Waals surface area (Å²) >= 11 is 7.45. The Labute approximate surface area is 140 Å². The highest BCUT2D eigenvalue weighted by molar-refractivity contribution is 7.16. The van der Waals surface area contributed by atoms with Crippen LogP contribution in [0.2, 0.25) is 4.34 Å². The third-order valence-corrected chi connectivity index (χ3v) is 5.22. The molecule has 0 radical (unpaired) electrons. The lowest BCUT2D eigenvalue weighted by Gasteiger charge is -2.33. The molecule has 1 aliphatic rings. The molecule has 2 amide bonds. The number of likely N-dealkylation sites (tertiary alicyclic amines) is 1. The lowest BCUT2D eigenvalue weighted by Crippen LogP contribution is -2.43. The molecule has 22 heavy (non-hydrogen) atoms. The number of halogens is 1. The second-order valence-corrected chi connectivity index (χ2v) is 7.16. The molecule has 0 bridgehead atoms. The number of thiophene rings is 1. The van der Waals surface area contributed by atoms with Gasteiger partial charge in [-0.15, -0.1) is 11.3 Å². The molecule has 2 heterocycles. The molecule has 1 aliphatic heterocycles. The van der Waals surface area contributed by atoms with Gasteiger partial charge in [-0.1, -0.05) is 18.2 Å². The molecular weight excluding hydrogens is 320 g/mol. The van der Waals surface area contributed by atoms with E-state index in [9.17, 15) is 9.59 Å². The average molecular weight is 341 g/mol. The Kier molecular flexibility index (Phi) is 6.03. The zero-order valence-corrected chi connectivity index (χ0v) is 14.3. The third-order valence-electron chi connectivity index (χ3n) is 4.00. The van der Waals surface area contributed by atoms with Crippen LogP contribution in [0, 0.1) is 5.92 Å². The minimum Gasteiger partial charge on any atom is -0.339 e. The fourth-order valence-electron chi connectivity index (χ4n) is 2.70. The van der Waals surface area contributed by atoms with Crippen LogP contribution in [0.15, 0.2) is 24.8 Å². The van der Waals surface area contributed by atoms with E-state index in [1.54, 1.807) is 4.90 Å². The van der Waals surface area contributed by atoms with Gasteiger partial charge in [0.2, 0.25) is 11.8 Å². The standard InChI is InChI=1S/C16H21ClN2O2S/c1-3-15(20)19-9-7-12(8-10-19)16(21)18(4-2)11-13-5-6-14(17)22-13/h3,5-6,12H,1,4,7-11H2,2H3. The molecule has 1 fully saturated rings. The topological polar surface area (TPSA) is 40.6 Å². The number of hydrogen-bond acceptors (Lipinski definition) is 3. The third kappa shape index (κ3) is 4.11. The average Bonchev–Trinajstić information content (AvgIpc) is 2.96. The minimum absolute atomic E-state index is 0.00393. The van der Waals surface area contributed by atoms with Crippen molar-refractivity contribution in [1.82, 2.24) is 9.80 Å². The molecule has 1 aromatic heterocycles. The lowest BCUT2D eigenvalue weighted by molar-refractivity contribution is -0.139. The van der Waals surface area contributed by atoms with E-state index in [-0.39, 0.29) is 17.7 Å². The number of nitrogens with zero attached hydrogens (tertiary/aromatic N) is 2. The number of carbonyl (C=O) groups is 2. The molecule has 0 aliphatic carbocycles. The zero-order chi connectivity index (χ0) is 16.1. The van der Waals surface area contributed by atoms with E-state index < -0.39 is 0 Å². The van der Waals surface area contributed by atoms with Gasteiger partial charge in [0.25, 0.3) is 0 Å². The minimum atomic E-state index is -0.0496. The van der Waals surface area contributed by atoms with Crippen LogP contribution in [-0.4, -0.2) is 41.2 Å². The number of hydrogen-bond donors (Lipinski definition) is 0. The van der Waals surface area contributed by atoms with Crippen LogP contribution in [0.25, 0.3) is 0 Å². The van der Waals surface area contributed by atoms with Crippen LogP contribution >= 0.6 is 22.9 Å². The van der Waals surface area contributed by atoms with E-state index in [4.69, 9.17) is 11.6 Å². The van der Waals surface area contributed by atoms with Crippen molar-refractivity contribution < 1.29 is 9.59 Å². The molecule has 6 heteroatoms. The summed E-state index contributed by atoms with van der Waals surface area (Å²) < 4.78 is 0.745. The maximum atomic E-state index is 12.7. The number of rotatable bonds is 5. The van der Waals surface area contributed by atoms with Crippen molar-refractivity contribution in [2.75, 3.05) is 19.6 Å². The Hall–Kier alpha value is -1.33. The molecule has 120 valence electrons. The summed E-state index contributed by atoms with van der Waals surface area (Å²) in [5, 5.41) is 0. The number of amides is 2. The van der Waals surface area contributed by atoms with Crippen molar-refractivity contribution in [1.29, 1.82) is 0 Å². The van der Waals surface area contributed by atoms with Crippen LogP contribution in [-0.2, 0) is 16.1 Å². The van der Waals surface area contributed by atoms with Gasteiger partial charge in [-0.2, -0.15) is 0 Å². The highest BCUT2D eigenvalue weighted by Gasteiger charge is 2.29. The van der Waals surface area contributed by atoms with Crippen molar-refractivity contribution in [3.63, 3.8) is 0 Å². The molecule has 1 saturated heterocycles. The van der Waals surface area contributed by atoms with Gasteiger partial charge in [0.05, 0.1) is 10.9 Å². The first kappa shape index (κ1) is 17.0. The summed E-state index contributed by atoms with van der Waals surface area (Å²) in [5.74, 6) is 0.133. The van der Waals surface area contributed by atoms with Crippen LogP contribution < -0.4 is 0 Å². The number of carbonyl (C=O) groups excluding carboxylic acids is 2. The first-order valence-corrected chi connectivity index (χ1v) is 8.69. The van der Waals surface area contributed by atoms with Gasteiger partial charge in [0.15, 0.2) is 0 Å². The summed E-state index contributed by atoms with van der Waals surface area (Å²) in [5.41, 5.74) is 0. The Morgan fingerprint density at radius 2 is 2.14 bits per heavy atom. The van der Waals surface area contributed by atoms with E-state index in [1.807, 2.05) is 24.0 Å². The summed E-state index contributed by atoms with van der Waals surface area (Å²) in [6, 6.07) is 3.83. The first-order valence-electron chi connectivity index (χ1n) is 7.49. The van der Waals surface area contributed by atoms with Gasteiger partial charge in [-0.05, 0) is 38.0 Å². The monoisotopic (exact) mass is 340 g/mol. The molecular formula is C16H21ClN2O2S. The van der Waals surface area contributed by atoms with Gasteiger partial charge in [0, 0.05) is 30.4 Å². The molecule has 4 nitrogen and oxygen atoms in total. The smallest absolute Gasteiger partial charge is 0.245 e. The molecule has 0 saturated carbocycles. The second-order valence-electron chi connectivity index (χ2n) is 5.36. The fraction of sp³-hybridized carbons (Fsp3) is 0.500. The van der Waals surface area contributed by atoms with Gasteiger partial charge in [-0.3, -0.25) is 9.59 Å². The largest absolute Gasteiger partial charge is 0.339 e. The van der Waals surface area contributed by atoms with E-state index in [2.05, 4.69) is 6.58 Å². The van der Waals surface area contributed by atoms with E-state index >= 15 is 0 Å². The Balaban J connectivity index is 1.92. The van der Waals surface area contributed by atoms with Gasteiger partial charge >= 0.3 is 0 Å². The predicted molar refractivity (Wildman–Crippen MR) is 89.9 cm³/mol. The van der Waals surface area contributed by atoms with E-state index in [0.29, 0.717) is 26.2 Å². The summed E-state index contributed by atoms with van der Waals surface area (Å²) in [6.45, 7) is 8.04. The second kappa shape index (κ2) is 7.79. The fourth-order valence-corrected chi connectivity index (χ4v) is 3.81. The van der Waals surface area contributed by atoms with Gasteiger partial charge < -0.3 is 9.80 Å². The van der Waals surface area contributed by atoms with Crippen molar-refractivity contribution in [3.8, 4) is 0 Å². The van der Waals surface area contributed by atoms with Gasteiger partial charge in [0.1, 0.15) is 0 Å². The van der Waals surface area contributed by atoms with Crippen molar-refractivity contribution >= 4 is 34.8 Å². The van der Waals surface area contributed by atoms with E-state index in [1.165, 1.54) is 17.4 Å². The normalized spacial score (nSPS) is 15.6. The maximum Gasteiger partial charge on any atom is 0.245 e. The van der Waals surface area contributed by atoms with Crippen LogP contribution in [0.1, 0.15) is 24.6 Å². The predicted octanol–water partition coefficient (Wildman–Crippen LogP) is 3.17. The quantitative estimate of drug-likeness (QED) is 0.772. The SMILES string of the molecule is C=CC(=O)N1CCC(C(=O)N(CC)Cc2ccc(Cl)s2)CC1. The number of piperidine rings is 1. The zero-order valence-electron chi connectivity index (χ0n) is 12.8. The van der Waals surface area contributed by atoms with Crippen LogP contribution in [0.4, 0.5) is 0 Å². The summed E-state index contributed by atoms with van der Waals surface area (Å²) in [6.07, 6.45) is 2.78. The maximum absolute atomic E-state index is 12.7. The van der Waals surface area contributed by atoms with Crippen LogP contribution in [0.3, 0.4) is 0 Å². The molecule has 0 unspecified atom stereocenters. The summed E-state index contributed by atoms with van der Waals surface area (Å²) in [4.78, 5) is 29.0. The van der Waals surface area contributed by atoms with Gasteiger partial charge in [-0.25, -0.2) is 0 Å². The molecule has 0 aromatic carbocycles. The highest BCUT2D eigenvalue weighted by atomic mass is 35.5. The van der Waals surface area contributed by atoms with Crippen molar-refractivity contribution in [3.05, 3.63) is 34.0 Å². The Morgan fingerprint density at radius 1 is 1.45 bits per heavy atom. The highest BCUT2D eigenvalue weighted by Crippen LogP contribution is 2.25. The molecule has 0 N–H and O–H groups in total. The molecule has 1 aromatic rings. The summed E-state index contributed by atoms with van der Waals surface area (Å²) in [7, 11) is 0. The van der Waals surface area contributed by atoms with Crippen LogP contribution in [0.5, 0.6) is 0 Å². The Morgan fingerprint density at radius 3 is 2.64 bits per heavy atom. The molecule has 2 rings (SSSR count). The van der Waals surface area contributed by atoms with Crippen molar-refractivity contribution in [2.24, 2.45) is 5.92 Å². The molecule has 0 spiro atoms. The first-order chi connectivity index (χ1) is 10.5.